The van der Waals surface area contributed by atoms with Crippen molar-refractivity contribution >= 4 is 23.2 Å². The SMILES string of the molecule is COC(=O)C1CC(O)CN1CC(=O)NCc1cccs1. The first-order valence-corrected chi connectivity index (χ1v) is 7.27. The number of likely N-dealkylation sites (tertiary alicyclic amines) is 1. The van der Waals surface area contributed by atoms with Gasteiger partial charge in [0.05, 0.1) is 26.3 Å². The predicted octanol–water partition coefficient (Wildman–Crippen LogP) is -0.0275. The third kappa shape index (κ3) is 3.78. The molecule has 110 valence electrons. The zero-order valence-corrected chi connectivity index (χ0v) is 12.1. The van der Waals surface area contributed by atoms with Crippen molar-refractivity contribution in [1.82, 2.24) is 10.2 Å². The maximum Gasteiger partial charge on any atom is 0.323 e. The van der Waals surface area contributed by atoms with Crippen LogP contribution < -0.4 is 5.32 Å². The first-order valence-electron chi connectivity index (χ1n) is 6.39. The summed E-state index contributed by atoms with van der Waals surface area (Å²) in [7, 11) is 1.31. The van der Waals surface area contributed by atoms with Crippen molar-refractivity contribution in [1.29, 1.82) is 0 Å². The van der Waals surface area contributed by atoms with Gasteiger partial charge in [-0.25, -0.2) is 0 Å². The standard InChI is InChI=1S/C13H18N2O4S/c1-19-13(18)11-5-9(16)7-15(11)8-12(17)14-6-10-3-2-4-20-10/h2-4,9,11,16H,5-8H2,1H3,(H,14,17). The molecule has 2 atom stereocenters. The van der Waals surface area contributed by atoms with Gasteiger partial charge in [0.25, 0.3) is 0 Å². The Morgan fingerprint density at radius 3 is 3.05 bits per heavy atom. The number of β-amino-alcohol motifs (C(OH)–C–C–N with tert-alkyl or cyclic N) is 1. The van der Waals surface area contributed by atoms with Crippen LogP contribution in [0.15, 0.2) is 17.5 Å². The Hall–Kier alpha value is -1.44. The zero-order valence-electron chi connectivity index (χ0n) is 11.2. The fraction of sp³-hybridized carbons (Fsp3) is 0.538. The van der Waals surface area contributed by atoms with Gasteiger partial charge in [0.2, 0.25) is 5.91 Å². The lowest BCUT2D eigenvalue weighted by molar-refractivity contribution is -0.146. The van der Waals surface area contributed by atoms with Gasteiger partial charge in [-0.2, -0.15) is 0 Å². The summed E-state index contributed by atoms with van der Waals surface area (Å²) < 4.78 is 4.69. The summed E-state index contributed by atoms with van der Waals surface area (Å²) in [6, 6.07) is 3.33. The van der Waals surface area contributed by atoms with Gasteiger partial charge in [-0.05, 0) is 11.4 Å². The van der Waals surface area contributed by atoms with Gasteiger partial charge in [0, 0.05) is 17.8 Å². The second kappa shape index (κ2) is 6.83. The van der Waals surface area contributed by atoms with Gasteiger partial charge in [-0.1, -0.05) is 6.07 Å². The lowest BCUT2D eigenvalue weighted by Crippen LogP contribution is -2.43. The smallest absolute Gasteiger partial charge is 0.323 e. The number of thiophene rings is 1. The van der Waals surface area contributed by atoms with Gasteiger partial charge in [-0.15, -0.1) is 11.3 Å². The van der Waals surface area contributed by atoms with Crippen LogP contribution in [-0.2, 0) is 20.9 Å². The minimum absolute atomic E-state index is 0.0855. The highest BCUT2D eigenvalue weighted by molar-refractivity contribution is 7.09. The van der Waals surface area contributed by atoms with E-state index < -0.39 is 18.1 Å². The highest BCUT2D eigenvalue weighted by atomic mass is 32.1. The minimum Gasteiger partial charge on any atom is -0.468 e. The number of nitrogens with one attached hydrogen (secondary N) is 1. The molecule has 0 radical (unpaired) electrons. The van der Waals surface area contributed by atoms with Gasteiger partial charge in [0.15, 0.2) is 0 Å². The third-order valence-corrected chi connectivity index (χ3v) is 4.12. The van der Waals surface area contributed by atoms with E-state index in [1.807, 2.05) is 17.5 Å². The fourth-order valence-electron chi connectivity index (χ4n) is 2.27. The Balaban J connectivity index is 1.84. The number of carbonyl (C=O) groups excluding carboxylic acids is 2. The lowest BCUT2D eigenvalue weighted by atomic mass is 10.2. The minimum atomic E-state index is -0.593. The molecule has 2 unspecified atom stereocenters. The molecule has 1 aliphatic rings. The fourth-order valence-corrected chi connectivity index (χ4v) is 2.92. The lowest BCUT2D eigenvalue weighted by Gasteiger charge is -2.21. The van der Waals surface area contributed by atoms with Crippen LogP contribution >= 0.6 is 11.3 Å². The van der Waals surface area contributed by atoms with Crippen molar-refractivity contribution < 1.29 is 19.4 Å². The number of aliphatic hydroxyl groups is 1. The van der Waals surface area contributed by atoms with Crippen molar-refractivity contribution in [2.24, 2.45) is 0 Å². The average Bonchev–Trinajstić information content (AvgIpc) is 3.05. The summed E-state index contributed by atoms with van der Waals surface area (Å²) >= 11 is 1.57. The second-order valence-corrected chi connectivity index (χ2v) is 5.75. The molecule has 7 heteroatoms. The van der Waals surface area contributed by atoms with Crippen LogP contribution in [0, 0.1) is 0 Å². The summed E-state index contributed by atoms with van der Waals surface area (Å²) in [5.74, 6) is -0.575. The molecule has 0 bridgehead atoms. The highest BCUT2D eigenvalue weighted by Crippen LogP contribution is 2.18. The van der Waals surface area contributed by atoms with Crippen molar-refractivity contribution in [2.75, 3.05) is 20.2 Å². The molecule has 1 saturated heterocycles. The topological polar surface area (TPSA) is 78.9 Å². The number of amides is 1. The van der Waals surface area contributed by atoms with E-state index in [1.165, 1.54) is 7.11 Å². The molecule has 0 spiro atoms. The number of hydrogen-bond donors (Lipinski definition) is 2. The molecule has 0 saturated carbocycles. The number of rotatable bonds is 5. The summed E-state index contributed by atoms with van der Waals surface area (Å²) in [5.41, 5.74) is 0. The second-order valence-electron chi connectivity index (χ2n) is 4.71. The Labute approximate surface area is 121 Å². The predicted molar refractivity (Wildman–Crippen MR) is 74.2 cm³/mol. The van der Waals surface area contributed by atoms with Crippen molar-refractivity contribution in [3.05, 3.63) is 22.4 Å². The van der Waals surface area contributed by atoms with Crippen molar-refractivity contribution in [2.45, 2.75) is 25.1 Å². The van der Waals surface area contributed by atoms with Gasteiger partial charge >= 0.3 is 5.97 Å². The first kappa shape index (κ1) is 15.0. The Morgan fingerprint density at radius 1 is 1.60 bits per heavy atom. The van der Waals surface area contributed by atoms with Crippen LogP contribution in [0.25, 0.3) is 0 Å². The van der Waals surface area contributed by atoms with E-state index in [9.17, 15) is 14.7 Å². The maximum atomic E-state index is 11.9. The largest absolute Gasteiger partial charge is 0.468 e. The molecule has 1 amide bonds. The number of aliphatic hydroxyl groups excluding tert-OH is 1. The molecule has 6 nitrogen and oxygen atoms in total. The molecule has 20 heavy (non-hydrogen) atoms. The Morgan fingerprint density at radius 2 is 2.40 bits per heavy atom. The highest BCUT2D eigenvalue weighted by Gasteiger charge is 2.37. The van der Waals surface area contributed by atoms with E-state index in [4.69, 9.17) is 4.74 Å². The summed E-state index contributed by atoms with van der Waals surface area (Å²) in [4.78, 5) is 26.2. The number of hydrogen-bond acceptors (Lipinski definition) is 6. The van der Waals surface area contributed by atoms with Crippen LogP contribution in [0.5, 0.6) is 0 Å². The van der Waals surface area contributed by atoms with Crippen LogP contribution in [0.1, 0.15) is 11.3 Å². The molecule has 0 aliphatic carbocycles. The van der Waals surface area contributed by atoms with Crippen molar-refractivity contribution in [3.63, 3.8) is 0 Å². The van der Waals surface area contributed by atoms with E-state index in [0.717, 1.165) is 4.88 Å². The summed E-state index contributed by atoms with van der Waals surface area (Å²) in [5, 5.41) is 14.4. The first-order chi connectivity index (χ1) is 9.60. The average molecular weight is 298 g/mol. The molecule has 2 N–H and O–H groups in total. The van der Waals surface area contributed by atoms with E-state index in [0.29, 0.717) is 19.5 Å². The van der Waals surface area contributed by atoms with Gasteiger partial charge in [-0.3, -0.25) is 14.5 Å². The normalized spacial score (nSPS) is 22.7. The summed E-state index contributed by atoms with van der Waals surface area (Å²) in [6.07, 6.45) is -0.283. The van der Waals surface area contributed by atoms with Crippen LogP contribution in [-0.4, -0.2) is 54.2 Å². The van der Waals surface area contributed by atoms with Crippen LogP contribution in [0.3, 0.4) is 0 Å². The zero-order chi connectivity index (χ0) is 14.5. The van der Waals surface area contributed by atoms with Crippen molar-refractivity contribution in [3.8, 4) is 0 Å². The molecule has 1 aromatic rings. The number of nitrogens with zero attached hydrogens (tertiary/aromatic N) is 1. The van der Waals surface area contributed by atoms with Gasteiger partial charge < -0.3 is 15.2 Å². The maximum absolute atomic E-state index is 11.9. The third-order valence-electron chi connectivity index (χ3n) is 3.24. The number of esters is 1. The number of methoxy groups -OCH3 is 1. The molecular formula is C13H18N2O4S. The molecule has 2 rings (SSSR count). The van der Waals surface area contributed by atoms with E-state index >= 15 is 0 Å². The molecule has 1 aliphatic heterocycles. The van der Waals surface area contributed by atoms with E-state index in [2.05, 4.69) is 5.32 Å². The monoisotopic (exact) mass is 298 g/mol. The molecule has 2 heterocycles. The number of carbonyl (C=O) groups is 2. The van der Waals surface area contributed by atoms with E-state index in [-0.39, 0.29) is 12.5 Å². The van der Waals surface area contributed by atoms with E-state index in [1.54, 1.807) is 16.2 Å². The van der Waals surface area contributed by atoms with Crippen LogP contribution in [0.4, 0.5) is 0 Å². The quantitative estimate of drug-likeness (QED) is 0.747. The van der Waals surface area contributed by atoms with Gasteiger partial charge in [0.1, 0.15) is 6.04 Å². The van der Waals surface area contributed by atoms with Crippen LogP contribution in [0.2, 0.25) is 0 Å². The molecule has 1 fully saturated rings. The molecule has 1 aromatic heterocycles. The Bertz CT molecular complexity index is 463. The molecular weight excluding hydrogens is 280 g/mol. The Kier molecular flexibility index (Phi) is 5.11. The number of ether oxygens (including phenoxy) is 1. The molecule has 0 aromatic carbocycles. The summed E-state index contributed by atoms with van der Waals surface area (Å²) in [6.45, 7) is 0.879.